The molecule has 15 heavy (non-hydrogen) atoms. The minimum absolute atomic E-state index is 0.106. The van der Waals surface area contributed by atoms with Crippen molar-refractivity contribution in [1.82, 2.24) is 9.38 Å². The van der Waals surface area contributed by atoms with Gasteiger partial charge >= 0.3 is 0 Å². The van der Waals surface area contributed by atoms with Gasteiger partial charge in [0.05, 0.1) is 16.2 Å². The maximum atomic E-state index is 6.12. The van der Waals surface area contributed by atoms with E-state index >= 15 is 0 Å². The number of aromatic nitrogens is 2. The van der Waals surface area contributed by atoms with Crippen molar-refractivity contribution in [3.63, 3.8) is 0 Å². The van der Waals surface area contributed by atoms with Crippen molar-refractivity contribution in [1.29, 1.82) is 0 Å². The van der Waals surface area contributed by atoms with Crippen LogP contribution in [0, 0.1) is 6.92 Å². The summed E-state index contributed by atoms with van der Waals surface area (Å²) < 4.78 is 2.01. The van der Waals surface area contributed by atoms with Crippen molar-refractivity contribution >= 4 is 17.1 Å². The first-order valence-electron chi connectivity index (χ1n) is 4.97. The van der Waals surface area contributed by atoms with Crippen molar-refractivity contribution in [3.05, 3.63) is 34.9 Å². The molecular weight excluding hydrogens is 210 g/mol. The van der Waals surface area contributed by atoms with E-state index < -0.39 is 0 Å². The molecule has 0 saturated heterocycles. The van der Waals surface area contributed by atoms with Crippen LogP contribution in [-0.2, 0) is 6.42 Å². The SMILES string of the molecule is Cc1nc(CC(C)N)n2cccc(Cl)c12. The summed E-state index contributed by atoms with van der Waals surface area (Å²) in [5.74, 6) is 0.972. The molecule has 2 heterocycles. The Hall–Kier alpha value is -1.06. The van der Waals surface area contributed by atoms with Gasteiger partial charge in [0.1, 0.15) is 5.82 Å². The molecular formula is C11H14ClN3. The fraction of sp³-hybridized carbons (Fsp3) is 0.364. The Labute approximate surface area is 93.9 Å². The smallest absolute Gasteiger partial charge is 0.115 e. The molecule has 4 heteroatoms. The highest BCUT2D eigenvalue weighted by atomic mass is 35.5. The van der Waals surface area contributed by atoms with Gasteiger partial charge in [0, 0.05) is 18.7 Å². The number of nitrogens with zero attached hydrogens (tertiary/aromatic N) is 2. The number of nitrogens with two attached hydrogens (primary N) is 1. The zero-order valence-corrected chi connectivity index (χ0v) is 9.62. The summed E-state index contributed by atoms with van der Waals surface area (Å²) in [7, 11) is 0. The molecule has 0 aliphatic carbocycles. The molecule has 1 unspecified atom stereocenters. The third kappa shape index (κ3) is 1.85. The average molecular weight is 224 g/mol. The van der Waals surface area contributed by atoms with Crippen molar-refractivity contribution in [3.8, 4) is 0 Å². The lowest BCUT2D eigenvalue weighted by Crippen LogP contribution is -2.19. The normalized spacial score (nSPS) is 13.3. The lowest BCUT2D eigenvalue weighted by Gasteiger charge is -2.04. The third-order valence-electron chi connectivity index (χ3n) is 2.37. The van der Waals surface area contributed by atoms with Gasteiger partial charge in [0.25, 0.3) is 0 Å². The van der Waals surface area contributed by atoms with Crippen LogP contribution >= 0.6 is 11.6 Å². The zero-order valence-electron chi connectivity index (χ0n) is 8.87. The van der Waals surface area contributed by atoms with Gasteiger partial charge in [-0.05, 0) is 26.0 Å². The van der Waals surface area contributed by atoms with Gasteiger partial charge in [0.15, 0.2) is 0 Å². The van der Waals surface area contributed by atoms with Gasteiger partial charge in [-0.15, -0.1) is 0 Å². The van der Waals surface area contributed by atoms with Crippen molar-refractivity contribution in [2.24, 2.45) is 5.73 Å². The van der Waals surface area contributed by atoms with E-state index in [-0.39, 0.29) is 6.04 Å². The van der Waals surface area contributed by atoms with Crippen LogP contribution in [0.3, 0.4) is 0 Å². The van der Waals surface area contributed by atoms with Gasteiger partial charge in [0.2, 0.25) is 0 Å². The molecule has 0 saturated carbocycles. The van der Waals surface area contributed by atoms with E-state index in [1.807, 2.05) is 36.6 Å². The van der Waals surface area contributed by atoms with E-state index in [9.17, 15) is 0 Å². The van der Waals surface area contributed by atoms with Crippen LogP contribution in [0.15, 0.2) is 18.3 Å². The standard InChI is InChI=1S/C11H14ClN3/c1-7(13)6-10-14-8(2)11-9(12)4-3-5-15(10)11/h3-5,7H,6,13H2,1-2H3. The van der Waals surface area contributed by atoms with Crippen LogP contribution in [0.2, 0.25) is 5.02 Å². The molecule has 2 rings (SSSR count). The summed E-state index contributed by atoms with van der Waals surface area (Å²) in [5, 5.41) is 0.735. The maximum Gasteiger partial charge on any atom is 0.115 e. The summed E-state index contributed by atoms with van der Waals surface area (Å²) in [5.41, 5.74) is 7.71. The van der Waals surface area contributed by atoms with Crippen LogP contribution in [0.1, 0.15) is 18.4 Å². The van der Waals surface area contributed by atoms with E-state index in [1.54, 1.807) is 0 Å². The molecule has 0 fully saturated rings. The van der Waals surface area contributed by atoms with Crippen molar-refractivity contribution in [2.75, 3.05) is 0 Å². The molecule has 0 bridgehead atoms. The quantitative estimate of drug-likeness (QED) is 0.848. The van der Waals surface area contributed by atoms with Crippen LogP contribution in [-0.4, -0.2) is 15.4 Å². The summed E-state index contributed by atoms with van der Waals surface area (Å²) in [6.45, 7) is 3.94. The van der Waals surface area contributed by atoms with Crippen LogP contribution < -0.4 is 5.73 Å². The maximum absolute atomic E-state index is 6.12. The van der Waals surface area contributed by atoms with Crippen molar-refractivity contribution in [2.45, 2.75) is 26.3 Å². The van der Waals surface area contributed by atoms with Crippen LogP contribution in [0.5, 0.6) is 0 Å². The summed E-state index contributed by atoms with van der Waals surface area (Å²) in [4.78, 5) is 4.49. The first-order valence-corrected chi connectivity index (χ1v) is 5.35. The monoisotopic (exact) mass is 223 g/mol. The van der Waals surface area contributed by atoms with Gasteiger partial charge in [-0.25, -0.2) is 4.98 Å². The van der Waals surface area contributed by atoms with Gasteiger partial charge in [-0.1, -0.05) is 11.6 Å². The minimum Gasteiger partial charge on any atom is -0.328 e. The van der Waals surface area contributed by atoms with Crippen molar-refractivity contribution < 1.29 is 0 Å². The van der Waals surface area contributed by atoms with E-state index in [2.05, 4.69) is 4.98 Å². The number of rotatable bonds is 2. The molecule has 0 amide bonds. The predicted molar refractivity (Wildman–Crippen MR) is 62.3 cm³/mol. The number of pyridine rings is 1. The molecule has 2 aromatic rings. The average Bonchev–Trinajstić information content (AvgIpc) is 2.44. The second-order valence-electron chi connectivity index (χ2n) is 3.87. The first-order chi connectivity index (χ1) is 7.09. The Morgan fingerprint density at radius 3 is 3.00 bits per heavy atom. The number of imidazole rings is 1. The molecule has 2 N–H and O–H groups in total. The molecule has 0 spiro atoms. The Balaban J connectivity index is 2.63. The van der Waals surface area contributed by atoms with Gasteiger partial charge in [-0.3, -0.25) is 0 Å². The van der Waals surface area contributed by atoms with Crippen LogP contribution in [0.25, 0.3) is 5.52 Å². The van der Waals surface area contributed by atoms with E-state index in [1.165, 1.54) is 0 Å². The summed E-state index contributed by atoms with van der Waals surface area (Å²) >= 11 is 6.12. The molecule has 0 aliphatic rings. The molecule has 0 radical (unpaired) electrons. The Morgan fingerprint density at radius 1 is 1.60 bits per heavy atom. The molecule has 0 aliphatic heterocycles. The highest BCUT2D eigenvalue weighted by molar-refractivity contribution is 6.34. The second-order valence-corrected chi connectivity index (χ2v) is 4.28. The number of hydrogen-bond acceptors (Lipinski definition) is 2. The second kappa shape index (κ2) is 3.83. The fourth-order valence-corrected chi connectivity index (χ4v) is 2.08. The van der Waals surface area contributed by atoms with E-state index in [0.29, 0.717) is 0 Å². The Kier molecular flexibility index (Phi) is 2.67. The third-order valence-corrected chi connectivity index (χ3v) is 2.67. The molecule has 0 aromatic carbocycles. The topological polar surface area (TPSA) is 43.3 Å². The molecule has 3 nitrogen and oxygen atoms in total. The lowest BCUT2D eigenvalue weighted by molar-refractivity contribution is 0.699. The van der Waals surface area contributed by atoms with Gasteiger partial charge < -0.3 is 10.1 Å². The summed E-state index contributed by atoms with van der Waals surface area (Å²) in [6, 6.07) is 3.90. The number of fused-ring (bicyclic) bond motifs is 1. The molecule has 1 atom stereocenters. The number of hydrogen-bond donors (Lipinski definition) is 1. The fourth-order valence-electron chi connectivity index (χ4n) is 1.78. The molecule has 2 aromatic heterocycles. The Morgan fingerprint density at radius 2 is 2.33 bits per heavy atom. The lowest BCUT2D eigenvalue weighted by atomic mass is 10.2. The minimum atomic E-state index is 0.106. The van der Waals surface area contributed by atoms with E-state index in [0.717, 1.165) is 28.5 Å². The Bertz CT molecular complexity index is 488. The van der Waals surface area contributed by atoms with Crippen LogP contribution in [0.4, 0.5) is 0 Å². The largest absolute Gasteiger partial charge is 0.328 e. The highest BCUT2D eigenvalue weighted by Crippen LogP contribution is 2.21. The zero-order chi connectivity index (χ0) is 11.0. The van der Waals surface area contributed by atoms with E-state index in [4.69, 9.17) is 17.3 Å². The van der Waals surface area contributed by atoms with Gasteiger partial charge in [-0.2, -0.15) is 0 Å². The molecule has 80 valence electrons. The first kappa shape index (κ1) is 10.5. The highest BCUT2D eigenvalue weighted by Gasteiger charge is 2.11. The predicted octanol–water partition coefficient (Wildman–Crippen LogP) is 2.19. The number of halogens is 1. The summed E-state index contributed by atoms with van der Waals surface area (Å²) in [6.07, 6.45) is 2.73. The number of aryl methyl sites for hydroxylation is 1.